The van der Waals surface area contributed by atoms with Crippen LogP contribution in [0.15, 0.2) is 46.9 Å². The van der Waals surface area contributed by atoms with Crippen LogP contribution in [0.4, 0.5) is 0 Å². The summed E-state index contributed by atoms with van der Waals surface area (Å²) >= 11 is 3.34. The minimum atomic E-state index is -0.946. The highest BCUT2D eigenvalue weighted by atomic mass is 79.9. The van der Waals surface area contributed by atoms with E-state index in [-0.39, 0.29) is 12.2 Å². The van der Waals surface area contributed by atoms with Gasteiger partial charge in [-0.1, -0.05) is 28.1 Å². The van der Waals surface area contributed by atoms with Crippen molar-refractivity contribution in [2.45, 2.75) is 13.2 Å². The first kappa shape index (κ1) is 14.6. The molecule has 0 saturated heterocycles. The molecule has 0 aromatic heterocycles. The van der Waals surface area contributed by atoms with Crippen LogP contribution in [0, 0.1) is 0 Å². The van der Waals surface area contributed by atoms with Crippen molar-refractivity contribution in [1.82, 2.24) is 0 Å². The van der Waals surface area contributed by atoms with Crippen LogP contribution in [-0.2, 0) is 13.2 Å². The van der Waals surface area contributed by atoms with Crippen LogP contribution in [0.1, 0.15) is 21.5 Å². The van der Waals surface area contributed by atoms with E-state index in [0.717, 1.165) is 15.6 Å². The van der Waals surface area contributed by atoms with E-state index in [1.54, 1.807) is 36.4 Å². The van der Waals surface area contributed by atoms with Crippen molar-refractivity contribution in [2.75, 3.05) is 0 Å². The molecule has 0 fully saturated rings. The fourth-order valence-corrected chi connectivity index (χ4v) is 2.04. The number of aliphatic hydroxyl groups excluding tert-OH is 1. The van der Waals surface area contributed by atoms with Crippen LogP contribution in [0.3, 0.4) is 0 Å². The molecule has 0 heterocycles. The van der Waals surface area contributed by atoms with Crippen molar-refractivity contribution in [1.29, 1.82) is 0 Å². The molecule has 0 spiro atoms. The van der Waals surface area contributed by atoms with Gasteiger partial charge in [0.05, 0.1) is 12.2 Å². The van der Waals surface area contributed by atoms with E-state index >= 15 is 0 Å². The van der Waals surface area contributed by atoms with Gasteiger partial charge in [0.15, 0.2) is 0 Å². The predicted octanol–water partition coefficient (Wildman–Crippen LogP) is 3.22. The van der Waals surface area contributed by atoms with E-state index in [1.807, 2.05) is 6.07 Å². The first-order chi connectivity index (χ1) is 9.60. The van der Waals surface area contributed by atoms with Crippen LogP contribution >= 0.6 is 15.9 Å². The third kappa shape index (κ3) is 3.59. The fourth-order valence-electron chi connectivity index (χ4n) is 1.67. The van der Waals surface area contributed by atoms with Crippen LogP contribution in [0.2, 0.25) is 0 Å². The van der Waals surface area contributed by atoms with Crippen molar-refractivity contribution >= 4 is 21.9 Å². The van der Waals surface area contributed by atoms with Gasteiger partial charge in [-0.15, -0.1) is 0 Å². The molecular weight excluding hydrogens is 324 g/mol. The topological polar surface area (TPSA) is 66.8 Å². The standard InChI is InChI=1S/C15H13BrO4/c16-14-6-5-13(7-12(14)8-17)20-9-10-1-3-11(4-2-10)15(18)19/h1-7,17H,8-9H2,(H,18,19). The Balaban J connectivity index is 2.03. The lowest BCUT2D eigenvalue weighted by molar-refractivity contribution is 0.0697. The molecule has 0 unspecified atom stereocenters. The van der Waals surface area contributed by atoms with E-state index in [2.05, 4.69) is 15.9 Å². The highest BCUT2D eigenvalue weighted by Gasteiger charge is 2.04. The monoisotopic (exact) mass is 336 g/mol. The van der Waals surface area contributed by atoms with Gasteiger partial charge >= 0.3 is 5.97 Å². The Labute approximate surface area is 124 Å². The average molecular weight is 337 g/mol. The highest BCUT2D eigenvalue weighted by molar-refractivity contribution is 9.10. The molecular formula is C15H13BrO4. The van der Waals surface area contributed by atoms with Gasteiger partial charge in [-0.3, -0.25) is 0 Å². The fraction of sp³-hybridized carbons (Fsp3) is 0.133. The highest BCUT2D eigenvalue weighted by Crippen LogP contribution is 2.23. The van der Waals surface area contributed by atoms with Crippen molar-refractivity contribution in [3.63, 3.8) is 0 Å². The zero-order chi connectivity index (χ0) is 14.5. The second-order valence-electron chi connectivity index (χ2n) is 4.20. The summed E-state index contributed by atoms with van der Waals surface area (Å²) in [5.41, 5.74) is 1.88. The molecule has 2 N–H and O–H groups in total. The van der Waals surface area contributed by atoms with Crippen LogP contribution in [-0.4, -0.2) is 16.2 Å². The van der Waals surface area contributed by atoms with Gasteiger partial charge in [0, 0.05) is 4.47 Å². The number of rotatable bonds is 5. The molecule has 104 valence electrons. The first-order valence-electron chi connectivity index (χ1n) is 5.94. The van der Waals surface area contributed by atoms with E-state index in [4.69, 9.17) is 14.9 Å². The van der Waals surface area contributed by atoms with E-state index in [1.165, 1.54) is 0 Å². The first-order valence-corrected chi connectivity index (χ1v) is 6.74. The molecule has 0 aliphatic heterocycles. The van der Waals surface area contributed by atoms with Crippen molar-refractivity contribution < 1.29 is 19.7 Å². The van der Waals surface area contributed by atoms with Crippen molar-refractivity contribution in [3.05, 3.63) is 63.6 Å². The molecule has 20 heavy (non-hydrogen) atoms. The van der Waals surface area contributed by atoms with Gasteiger partial charge in [0.2, 0.25) is 0 Å². The summed E-state index contributed by atoms with van der Waals surface area (Å²) in [7, 11) is 0. The number of hydrogen-bond donors (Lipinski definition) is 2. The van der Waals surface area contributed by atoms with Crippen LogP contribution in [0.5, 0.6) is 5.75 Å². The molecule has 5 heteroatoms. The Kier molecular flexibility index (Phi) is 4.76. The number of carbonyl (C=O) groups is 1. The Bertz CT molecular complexity index is 608. The minimum Gasteiger partial charge on any atom is -0.489 e. The summed E-state index contributed by atoms with van der Waals surface area (Å²) in [5.74, 6) is -0.294. The molecule has 4 nitrogen and oxygen atoms in total. The SMILES string of the molecule is O=C(O)c1ccc(COc2ccc(Br)c(CO)c2)cc1. The minimum absolute atomic E-state index is 0.0644. The van der Waals surface area contributed by atoms with Gasteiger partial charge in [-0.2, -0.15) is 0 Å². The Hall–Kier alpha value is -1.85. The molecule has 0 saturated carbocycles. The number of aliphatic hydroxyl groups is 1. The van der Waals surface area contributed by atoms with Gasteiger partial charge < -0.3 is 14.9 Å². The van der Waals surface area contributed by atoms with Crippen LogP contribution in [0.25, 0.3) is 0 Å². The molecule has 0 radical (unpaired) electrons. The summed E-state index contributed by atoms with van der Waals surface area (Å²) in [4.78, 5) is 10.7. The second kappa shape index (κ2) is 6.54. The zero-order valence-electron chi connectivity index (χ0n) is 10.5. The lowest BCUT2D eigenvalue weighted by Crippen LogP contribution is -1.99. The number of hydrogen-bond acceptors (Lipinski definition) is 3. The largest absolute Gasteiger partial charge is 0.489 e. The molecule has 2 rings (SSSR count). The lowest BCUT2D eigenvalue weighted by Gasteiger charge is -2.09. The van der Waals surface area contributed by atoms with Gasteiger partial charge in [0.1, 0.15) is 12.4 Å². The lowest BCUT2D eigenvalue weighted by atomic mass is 10.1. The molecule has 0 atom stereocenters. The summed E-state index contributed by atoms with van der Waals surface area (Å²) in [6.45, 7) is 0.275. The molecule has 0 amide bonds. The number of carboxylic acid groups (broad SMARTS) is 1. The van der Waals surface area contributed by atoms with Gasteiger partial charge in [-0.25, -0.2) is 4.79 Å². The normalized spacial score (nSPS) is 10.3. The summed E-state index contributed by atoms with van der Waals surface area (Å²) in [5, 5.41) is 18.0. The van der Waals surface area contributed by atoms with E-state index < -0.39 is 5.97 Å². The number of ether oxygens (including phenoxy) is 1. The average Bonchev–Trinajstić information content (AvgIpc) is 2.46. The number of aromatic carboxylic acids is 1. The Morgan fingerprint density at radius 2 is 1.85 bits per heavy atom. The smallest absolute Gasteiger partial charge is 0.335 e. The maximum Gasteiger partial charge on any atom is 0.335 e. The summed E-state index contributed by atoms with van der Waals surface area (Å²) in [6.07, 6.45) is 0. The van der Waals surface area contributed by atoms with Crippen molar-refractivity contribution in [2.24, 2.45) is 0 Å². The Morgan fingerprint density at radius 3 is 2.45 bits per heavy atom. The van der Waals surface area contributed by atoms with Crippen LogP contribution < -0.4 is 4.74 Å². The maximum absolute atomic E-state index is 10.7. The molecule has 0 aliphatic carbocycles. The third-order valence-corrected chi connectivity index (χ3v) is 3.57. The van der Waals surface area contributed by atoms with Crippen molar-refractivity contribution in [3.8, 4) is 5.75 Å². The molecule has 0 aliphatic rings. The molecule has 2 aromatic rings. The van der Waals surface area contributed by atoms with Gasteiger partial charge in [-0.05, 0) is 41.5 Å². The Morgan fingerprint density at radius 1 is 1.15 bits per heavy atom. The molecule has 0 bridgehead atoms. The zero-order valence-corrected chi connectivity index (χ0v) is 12.1. The van der Waals surface area contributed by atoms with Gasteiger partial charge in [0.25, 0.3) is 0 Å². The quantitative estimate of drug-likeness (QED) is 0.879. The number of halogens is 1. The molecule has 2 aromatic carbocycles. The second-order valence-corrected chi connectivity index (χ2v) is 5.06. The van der Waals surface area contributed by atoms with E-state index in [9.17, 15) is 4.79 Å². The number of benzene rings is 2. The summed E-state index contributed by atoms with van der Waals surface area (Å²) in [6, 6.07) is 11.9. The maximum atomic E-state index is 10.7. The van der Waals surface area contributed by atoms with E-state index in [0.29, 0.717) is 12.4 Å². The third-order valence-electron chi connectivity index (χ3n) is 2.79. The number of carboxylic acids is 1. The predicted molar refractivity (Wildman–Crippen MR) is 77.8 cm³/mol. The summed E-state index contributed by atoms with van der Waals surface area (Å²) < 4.78 is 6.44.